The molecule has 0 aliphatic carbocycles. The van der Waals surface area contributed by atoms with Crippen LogP contribution in [0, 0.1) is 6.92 Å². The van der Waals surface area contributed by atoms with Crippen LogP contribution in [0.2, 0.25) is 0 Å². The minimum Gasteiger partial charge on any atom is -0.385 e. The summed E-state index contributed by atoms with van der Waals surface area (Å²) in [5.41, 5.74) is 4.69. The number of benzene rings is 1. The van der Waals surface area contributed by atoms with Crippen molar-refractivity contribution in [3.8, 4) is 0 Å². The highest BCUT2D eigenvalue weighted by Crippen LogP contribution is 2.12. The number of para-hydroxylation sites is 1. The van der Waals surface area contributed by atoms with E-state index < -0.39 is 0 Å². The fourth-order valence-corrected chi connectivity index (χ4v) is 1.36. The van der Waals surface area contributed by atoms with Gasteiger partial charge in [-0.15, -0.1) is 0 Å². The van der Waals surface area contributed by atoms with Gasteiger partial charge in [0.1, 0.15) is 0 Å². The molecule has 0 spiro atoms. The SMILES string of the molecule is COCCCN=C(NN)Nc1ccccc1C. The Balaban J connectivity index is 2.54. The quantitative estimate of drug-likeness (QED) is 0.237. The molecule has 0 fully saturated rings. The number of ether oxygens (including phenoxy) is 1. The van der Waals surface area contributed by atoms with Crippen LogP contribution >= 0.6 is 0 Å². The second kappa shape index (κ2) is 7.65. The lowest BCUT2D eigenvalue weighted by molar-refractivity contribution is 0.197. The first-order valence-electron chi connectivity index (χ1n) is 5.60. The fraction of sp³-hybridized carbons (Fsp3) is 0.417. The molecule has 0 atom stereocenters. The summed E-state index contributed by atoms with van der Waals surface area (Å²) in [5.74, 6) is 5.98. The van der Waals surface area contributed by atoms with Crippen LogP contribution in [0.3, 0.4) is 0 Å². The number of aryl methyl sites for hydroxylation is 1. The third-order valence-corrected chi connectivity index (χ3v) is 2.31. The van der Waals surface area contributed by atoms with Gasteiger partial charge in [0.2, 0.25) is 5.96 Å². The highest BCUT2D eigenvalue weighted by Gasteiger charge is 1.99. The molecule has 4 N–H and O–H groups in total. The number of nitrogens with two attached hydrogens (primary N) is 1. The molecule has 0 aromatic heterocycles. The highest BCUT2D eigenvalue weighted by molar-refractivity contribution is 5.93. The zero-order chi connectivity index (χ0) is 12.5. The number of guanidine groups is 1. The van der Waals surface area contributed by atoms with Crippen LogP contribution in [0.5, 0.6) is 0 Å². The number of nitrogens with one attached hydrogen (secondary N) is 2. The summed E-state index contributed by atoms with van der Waals surface area (Å²) in [5, 5.41) is 3.15. The van der Waals surface area contributed by atoms with Gasteiger partial charge in [0.15, 0.2) is 0 Å². The number of aliphatic imine (C=N–C) groups is 1. The number of nitrogens with zero attached hydrogens (tertiary/aromatic N) is 1. The predicted molar refractivity (Wildman–Crippen MR) is 70.9 cm³/mol. The van der Waals surface area contributed by atoms with E-state index in [0.717, 1.165) is 17.7 Å². The molecule has 0 saturated heterocycles. The molecule has 0 saturated carbocycles. The Hall–Kier alpha value is -1.59. The number of methoxy groups -OCH3 is 1. The summed E-state index contributed by atoms with van der Waals surface area (Å²) in [7, 11) is 1.68. The Kier molecular flexibility index (Phi) is 6.06. The maximum Gasteiger partial charge on any atom is 0.210 e. The average Bonchev–Trinajstić information content (AvgIpc) is 2.35. The van der Waals surface area contributed by atoms with E-state index >= 15 is 0 Å². The Morgan fingerprint density at radius 1 is 1.41 bits per heavy atom. The Morgan fingerprint density at radius 2 is 2.18 bits per heavy atom. The molecule has 0 bridgehead atoms. The summed E-state index contributed by atoms with van der Waals surface area (Å²) < 4.78 is 4.95. The Labute approximate surface area is 102 Å². The van der Waals surface area contributed by atoms with Gasteiger partial charge in [-0.1, -0.05) is 18.2 Å². The molecule has 0 radical (unpaired) electrons. The second-order valence-electron chi connectivity index (χ2n) is 3.66. The summed E-state index contributed by atoms with van der Waals surface area (Å²) in [6, 6.07) is 7.97. The highest BCUT2D eigenvalue weighted by atomic mass is 16.5. The molecule has 0 aliphatic heterocycles. The van der Waals surface area contributed by atoms with E-state index in [1.54, 1.807) is 7.11 Å². The van der Waals surface area contributed by atoms with Gasteiger partial charge >= 0.3 is 0 Å². The van der Waals surface area contributed by atoms with Gasteiger partial charge in [-0.3, -0.25) is 10.4 Å². The fourth-order valence-electron chi connectivity index (χ4n) is 1.36. The molecular weight excluding hydrogens is 216 g/mol. The normalized spacial score (nSPS) is 11.4. The molecule has 5 heteroatoms. The van der Waals surface area contributed by atoms with Crippen LogP contribution in [-0.4, -0.2) is 26.2 Å². The van der Waals surface area contributed by atoms with Crippen molar-refractivity contribution in [2.24, 2.45) is 10.8 Å². The van der Waals surface area contributed by atoms with E-state index in [2.05, 4.69) is 15.7 Å². The predicted octanol–water partition coefficient (Wildman–Crippen LogP) is 1.26. The molecule has 17 heavy (non-hydrogen) atoms. The van der Waals surface area contributed by atoms with Crippen LogP contribution in [-0.2, 0) is 4.74 Å². The lowest BCUT2D eigenvalue weighted by atomic mass is 10.2. The molecule has 94 valence electrons. The van der Waals surface area contributed by atoms with E-state index in [4.69, 9.17) is 10.6 Å². The van der Waals surface area contributed by atoms with Gasteiger partial charge in [0.05, 0.1) is 0 Å². The second-order valence-corrected chi connectivity index (χ2v) is 3.66. The van der Waals surface area contributed by atoms with E-state index in [0.29, 0.717) is 19.1 Å². The van der Waals surface area contributed by atoms with Crippen LogP contribution < -0.4 is 16.6 Å². The molecule has 0 aliphatic rings. The van der Waals surface area contributed by atoms with Gasteiger partial charge in [-0.2, -0.15) is 0 Å². The molecule has 5 nitrogen and oxygen atoms in total. The number of hydrazine groups is 1. The van der Waals surface area contributed by atoms with Crippen LogP contribution in [0.4, 0.5) is 5.69 Å². The first kappa shape index (κ1) is 13.5. The monoisotopic (exact) mass is 236 g/mol. The van der Waals surface area contributed by atoms with Gasteiger partial charge < -0.3 is 10.1 Å². The third kappa shape index (κ3) is 4.84. The van der Waals surface area contributed by atoms with Gasteiger partial charge in [-0.05, 0) is 25.0 Å². The Bertz CT molecular complexity index is 365. The van der Waals surface area contributed by atoms with Gasteiger partial charge in [0.25, 0.3) is 0 Å². The summed E-state index contributed by atoms with van der Waals surface area (Å²) in [6.07, 6.45) is 0.872. The number of anilines is 1. The van der Waals surface area contributed by atoms with Crippen molar-refractivity contribution in [2.75, 3.05) is 25.6 Å². The lowest BCUT2D eigenvalue weighted by Gasteiger charge is -2.11. The first-order valence-corrected chi connectivity index (χ1v) is 5.60. The molecule has 0 heterocycles. The van der Waals surface area contributed by atoms with Crippen molar-refractivity contribution in [2.45, 2.75) is 13.3 Å². The third-order valence-electron chi connectivity index (χ3n) is 2.31. The van der Waals surface area contributed by atoms with Crippen molar-refractivity contribution >= 4 is 11.6 Å². The van der Waals surface area contributed by atoms with E-state index in [1.165, 1.54) is 0 Å². The van der Waals surface area contributed by atoms with E-state index in [-0.39, 0.29) is 0 Å². The molecule has 1 rings (SSSR count). The lowest BCUT2D eigenvalue weighted by Crippen LogP contribution is -2.36. The Morgan fingerprint density at radius 3 is 2.82 bits per heavy atom. The smallest absolute Gasteiger partial charge is 0.210 e. The van der Waals surface area contributed by atoms with Crippen molar-refractivity contribution in [3.05, 3.63) is 29.8 Å². The topological polar surface area (TPSA) is 71.7 Å². The average molecular weight is 236 g/mol. The van der Waals surface area contributed by atoms with Gasteiger partial charge in [-0.25, -0.2) is 5.84 Å². The van der Waals surface area contributed by atoms with Crippen LogP contribution in [0.15, 0.2) is 29.3 Å². The maximum atomic E-state index is 5.41. The molecular formula is C12H20N4O. The minimum absolute atomic E-state index is 0.565. The minimum atomic E-state index is 0.565. The van der Waals surface area contributed by atoms with Gasteiger partial charge in [0, 0.05) is 25.9 Å². The molecule has 0 amide bonds. The number of hydrogen-bond acceptors (Lipinski definition) is 3. The van der Waals surface area contributed by atoms with Crippen molar-refractivity contribution in [3.63, 3.8) is 0 Å². The number of rotatable bonds is 5. The summed E-state index contributed by atoms with van der Waals surface area (Å²) in [4.78, 5) is 4.31. The number of hydrogen-bond donors (Lipinski definition) is 3. The zero-order valence-electron chi connectivity index (χ0n) is 10.4. The standard InChI is InChI=1S/C12H20N4O/c1-10-6-3-4-7-11(10)15-12(16-13)14-8-5-9-17-2/h3-4,6-7H,5,8-9,13H2,1-2H3,(H2,14,15,16). The van der Waals surface area contributed by atoms with Crippen LogP contribution in [0.1, 0.15) is 12.0 Å². The molecule has 1 aromatic rings. The molecule has 0 unspecified atom stereocenters. The van der Waals surface area contributed by atoms with E-state index in [9.17, 15) is 0 Å². The maximum absolute atomic E-state index is 5.41. The largest absolute Gasteiger partial charge is 0.385 e. The van der Waals surface area contributed by atoms with Crippen molar-refractivity contribution < 1.29 is 4.74 Å². The van der Waals surface area contributed by atoms with Crippen molar-refractivity contribution in [1.29, 1.82) is 0 Å². The summed E-state index contributed by atoms with van der Waals surface area (Å²) in [6.45, 7) is 3.40. The van der Waals surface area contributed by atoms with E-state index in [1.807, 2.05) is 31.2 Å². The first-order chi connectivity index (χ1) is 8.27. The van der Waals surface area contributed by atoms with Crippen LogP contribution in [0.25, 0.3) is 0 Å². The molecule has 1 aromatic carbocycles. The zero-order valence-corrected chi connectivity index (χ0v) is 10.4. The van der Waals surface area contributed by atoms with Crippen molar-refractivity contribution in [1.82, 2.24) is 5.43 Å². The summed E-state index contributed by atoms with van der Waals surface area (Å²) >= 11 is 0.